The van der Waals surface area contributed by atoms with Crippen molar-refractivity contribution in [3.8, 4) is 0 Å². The fourth-order valence-electron chi connectivity index (χ4n) is 5.58. The van der Waals surface area contributed by atoms with Crippen molar-refractivity contribution < 1.29 is 47.5 Å². The van der Waals surface area contributed by atoms with Crippen LogP contribution in [0.25, 0.3) is 0 Å². The van der Waals surface area contributed by atoms with E-state index in [1.807, 2.05) is 0 Å². The third-order valence-electron chi connectivity index (χ3n) is 9.00. The predicted molar refractivity (Wildman–Crippen MR) is 231 cm³/mol. The summed E-state index contributed by atoms with van der Waals surface area (Å²) >= 11 is 0. The largest absolute Gasteiger partial charge is 0.480 e. The summed E-state index contributed by atoms with van der Waals surface area (Å²) in [5, 5.41) is 8.89. The number of nitrogens with two attached hydrogens (primary N) is 1. The Morgan fingerprint density at radius 2 is 0.982 bits per heavy atom. The molecule has 0 bridgehead atoms. The van der Waals surface area contributed by atoms with Crippen LogP contribution in [0.4, 0.5) is 0 Å². The van der Waals surface area contributed by atoms with Gasteiger partial charge < -0.3 is 25.2 Å². The number of carboxylic acid groups (broad SMARTS) is 1. The summed E-state index contributed by atoms with van der Waals surface area (Å²) in [5.74, 6) is -2.44. The molecule has 12 heteroatoms. The van der Waals surface area contributed by atoms with Gasteiger partial charge in [0.15, 0.2) is 6.10 Å². The predicted octanol–water partition coefficient (Wildman–Crippen LogP) is 11.6. The van der Waals surface area contributed by atoms with Gasteiger partial charge in [-0.25, -0.2) is 4.57 Å². The molecule has 4 N–H and O–H groups in total. The van der Waals surface area contributed by atoms with E-state index in [1.54, 1.807) is 0 Å². The summed E-state index contributed by atoms with van der Waals surface area (Å²) in [6.45, 7) is 2.63. The molecule has 0 aromatic rings. The van der Waals surface area contributed by atoms with Crippen molar-refractivity contribution in [3.05, 3.63) is 60.8 Å². The van der Waals surface area contributed by atoms with Crippen molar-refractivity contribution in [1.82, 2.24) is 0 Å². The lowest BCUT2D eigenvalue weighted by molar-refractivity contribution is -0.161. The SMILES string of the molecule is CC/C=C\C/C=C\C/C=C\C/C=C\CCCCC(=O)OC(COC(=O)CCCCCCCCC/C=C\CCCCCCCCC)COP(=O)(O)OCC(N)C(=O)O. The molecule has 0 rings (SSSR count). The summed E-state index contributed by atoms with van der Waals surface area (Å²) < 4.78 is 32.6. The summed E-state index contributed by atoms with van der Waals surface area (Å²) in [5.41, 5.74) is 5.33. The first-order valence-electron chi connectivity index (χ1n) is 21.8. The van der Waals surface area contributed by atoms with Crippen molar-refractivity contribution in [2.45, 2.75) is 187 Å². The Bertz CT molecular complexity index is 1200. The Morgan fingerprint density at radius 1 is 0.561 bits per heavy atom. The highest BCUT2D eigenvalue weighted by Crippen LogP contribution is 2.43. The molecule has 3 unspecified atom stereocenters. The van der Waals surface area contributed by atoms with Gasteiger partial charge in [0.1, 0.15) is 12.6 Å². The molecule has 0 saturated heterocycles. The smallest absolute Gasteiger partial charge is 0.472 e. The van der Waals surface area contributed by atoms with Gasteiger partial charge in [-0.15, -0.1) is 0 Å². The van der Waals surface area contributed by atoms with Gasteiger partial charge in [-0.2, -0.15) is 0 Å². The van der Waals surface area contributed by atoms with Crippen LogP contribution < -0.4 is 5.73 Å². The first-order valence-corrected chi connectivity index (χ1v) is 23.3. The lowest BCUT2D eigenvalue weighted by Crippen LogP contribution is -2.34. The van der Waals surface area contributed by atoms with Crippen LogP contribution >= 0.6 is 7.82 Å². The molecule has 0 heterocycles. The molecule has 0 amide bonds. The summed E-state index contributed by atoms with van der Waals surface area (Å²) in [6.07, 6.45) is 45.8. The van der Waals surface area contributed by atoms with Crippen LogP contribution in [-0.4, -0.2) is 59.9 Å². The third kappa shape index (κ3) is 39.8. The molecule has 328 valence electrons. The number of carbonyl (C=O) groups is 3. The maximum atomic E-state index is 12.6. The highest BCUT2D eigenvalue weighted by molar-refractivity contribution is 7.47. The maximum Gasteiger partial charge on any atom is 0.472 e. The second-order valence-electron chi connectivity index (χ2n) is 14.4. The highest BCUT2D eigenvalue weighted by Gasteiger charge is 2.28. The van der Waals surface area contributed by atoms with E-state index < -0.39 is 51.1 Å². The van der Waals surface area contributed by atoms with E-state index >= 15 is 0 Å². The number of unbranched alkanes of at least 4 members (excludes halogenated alkanes) is 16. The zero-order valence-electron chi connectivity index (χ0n) is 35.4. The number of esters is 2. The van der Waals surface area contributed by atoms with Crippen molar-refractivity contribution in [1.29, 1.82) is 0 Å². The molecular weight excluding hydrogens is 745 g/mol. The maximum absolute atomic E-state index is 12.6. The lowest BCUT2D eigenvalue weighted by atomic mass is 10.1. The number of hydrogen-bond donors (Lipinski definition) is 3. The number of aliphatic carboxylic acids is 1. The molecule has 0 aromatic heterocycles. The van der Waals surface area contributed by atoms with Gasteiger partial charge in [-0.3, -0.25) is 23.4 Å². The van der Waals surface area contributed by atoms with E-state index in [1.165, 1.54) is 70.6 Å². The van der Waals surface area contributed by atoms with Crippen LogP contribution in [-0.2, 0) is 37.5 Å². The van der Waals surface area contributed by atoms with Gasteiger partial charge in [0.25, 0.3) is 0 Å². The number of allylic oxidation sites excluding steroid dienone is 10. The van der Waals surface area contributed by atoms with E-state index in [9.17, 15) is 23.8 Å². The summed E-state index contributed by atoms with van der Waals surface area (Å²) in [6, 6.07) is -1.53. The zero-order chi connectivity index (χ0) is 42.1. The Morgan fingerprint density at radius 3 is 1.53 bits per heavy atom. The molecule has 11 nitrogen and oxygen atoms in total. The Kier molecular flexibility index (Phi) is 38.0. The van der Waals surface area contributed by atoms with E-state index in [0.29, 0.717) is 12.8 Å². The van der Waals surface area contributed by atoms with E-state index in [4.69, 9.17) is 24.8 Å². The molecule has 0 spiro atoms. The fourth-order valence-corrected chi connectivity index (χ4v) is 6.36. The topological polar surface area (TPSA) is 172 Å². The number of phosphoric acid groups is 1. The van der Waals surface area contributed by atoms with E-state index in [-0.39, 0.29) is 19.4 Å². The second-order valence-corrected chi connectivity index (χ2v) is 15.9. The minimum Gasteiger partial charge on any atom is -0.480 e. The number of hydrogen-bond acceptors (Lipinski definition) is 9. The number of rotatable bonds is 40. The molecule has 0 fully saturated rings. The molecule has 0 saturated carbocycles. The van der Waals surface area contributed by atoms with E-state index in [2.05, 4.69) is 79.1 Å². The minimum absolute atomic E-state index is 0.106. The summed E-state index contributed by atoms with van der Waals surface area (Å²) in [7, 11) is -4.73. The van der Waals surface area contributed by atoms with Crippen LogP contribution in [0.15, 0.2) is 60.8 Å². The van der Waals surface area contributed by atoms with Crippen molar-refractivity contribution >= 4 is 25.7 Å². The Labute approximate surface area is 345 Å². The Hall–Kier alpha value is -2.82. The quantitative estimate of drug-likeness (QED) is 0.0232. The van der Waals surface area contributed by atoms with Crippen LogP contribution in [0.5, 0.6) is 0 Å². The monoisotopic (exact) mass is 824 g/mol. The van der Waals surface area contributed by atoms with Gasteiger partial charge in [-0.1, -0.05) is 145 Å². The number of phosphoric ester groups is 1. The molecule has 0 radical (unpaired) electrons. The highest BCUT2D eigenvalue weighted by atomic mass is 31.2. The van der Waals surface area contributed by atoms with Crippen LogP contribution in [0, 0.1) is 0 Å². The van der Waals surface area contributed by atoms with E-state index in [0.717, 1.165) is 64.2 Å². The molecule has 0 aliphatic heterocycles. The normalized spacial score (nSPS) is 14.3. The zero-order valence-corrected chi connectivity index (χ0v) is 36.3. The first-order chi connectivity index (χ1) is 27.6. The third-order valence-corrected chi connectivity index (χ3v) is 9.95. The molecule has 3 atom stereocenters. The van der Waals surface area contributed by atoms with Crippen LogP contribution in [0.3, 0.4) is 0 Å². The minimum atomic E-state index is -4.73. The average molecular weight is 824 g/mol. The molecule has 0 aliphatic carbocycles. The van der Waals surface area contributed by atoms with Crippen molar-refractivity contribution in [2.24, 2.45) is 5.73 Å². The van der Waals surface area contributed by atoms with Gasteiger partial charge in [-0.05, 0) is 77.0 Å². The standard InChI is InChI=1S/C45H78NO10P/c1-3-5-7-9-11-13-15-17-19-20-21-23-24-26-28-30-32-34-36-43(47)53-38-41(39-54-57(51,52)55-40-42(46)45(49)50)56-44(48)37-35-33-31-29-27-25-22-18-16-14-12-10-8-6-4-2/h6,8,12,14,18-20,22,27,29,41-42H,3-5,7,9-11,13,15-17,21,23-26,28,30-40,46H2,1-2H3,(H,49,50)(H,51,52)/b8-6-,14-12-,20-19-,22-18-,29-27-. The molecule has 57 heavy (non-hydrogen) atoms. The van der Waals surface area contributed by atoms with Crippen molar-refractivity contribution in [3.63, 3.8) is 0 Å². The summed E-state index contributed by atoms with van der Waals surface area (Å²) in [4.78, 5) is 45.9. The molecular formula is C45H78NO10P. The van der Waals surface area contributed by atoms with Gasteiger partial charge >= 0.3 is 25.7 Å². The number of carbonyl (C=O) groups excluding carboxylic acids is 2. The number of carboxylic acids is 1. The van der Waals surface area contributed by atoms with Crippen LogP contribution in [0.2, 0.25) is 0 Å². The molecule has 0 aliphatic rings. The van der Waals surface area contributed by atoms with Gasteiger partial charge in [0, 0.05) is 12.8 Å². The van der Waals surface area contributed by atoms with Gasteiger partial charge in [0.2, 0.25) is 0 Å². The Balaban J connectivity index is 4.42. The second kappa shape index (κ2) is 40.0. The fraction of sp³-hybridized carbons (Fsp3) is 0.711. The first kappa shape index (κ1) is 54.2. The van der Waals surface area contributed by atoms with Crippen molar-refractivity contribution in [2.75, 3.05) is 19.8 Å². The number of ether oxygens (including phenoxy) is 2. The average Bonchev–Trinajstić information content (AvgIpc) is 3.19. The molecule has 0 aromatic carbocycles. The van der Waals surface area contributed by atoms with Gasteiger partial charge in [0.05, 0.1) is 13.2 Å². The lowest BCUT2D eigenvalue weighted by Gasteiger charge is -2.20. The van der Waals surface area contributed by atoms with Crippen LogP contribution in [0.1, 0.15) is 174 Å².